The Balaban J connectivity index is 1.21. The number of carbonyl (C=O) groups is 3. The van der Waals surface area contributed by atoms with Gasteiger partial charge in [0.2, 0.25) is 21.8 Å². The van der Waals surface area contributed by atoms with E-state index in [0.717, 1.165) is 60.7 Å². The molecule has 5 atom stereocenters. The molecule has 0 unspecified atom stereocenters. The third-order valence-electron chi connectivity index (χ3n) is 12.3. The number of ketones is 1. The highest BCUT2D eigenvalue weighted by molar-refractivity contribution is 7.91. The number of imidazole rings is 1. The van der Waals surface area contributed by atoms with Crippen molar-refractivity contribution >= 4 is 38.7 Å². The molecule has 2 aromatic carbocycles. The Labute approximate surface area is 312 Å². The quantitative estimate of drug-likeness (QED) is 0.263. The highest BCUT2D eigenvalue weighted by atomic mass is 32.2. The van der Waals surface area contributed by atoms with Crippen LogP contribution in [0.15, 0.2) is 42.5 Å². The summed E-state index contributed by atoms with van der Waals surface area (Å²) in [5.41, 5.74) is 2.09. The molecule has 0 bridgehead atoms. The van der Waals surface area contributed by atoms with Gasteiger partial charge in [-0.15, -0.1) is 0 Å². The molecule has 2 saturated heterocycles. The second-order valence-corrected chi connectivity index (χ2v) is 19.0. The number of fused-ring (bicyclic) bond motifs is 3. The van der Waals surface area contributed by atoms with E-state index in [1.165, 1.54) is 12.1 Å². The summed E-state index contributed by atoms with van der Waals surface area (Å²) < 4.78 is 51.0. The van der Waals surface area contributed by atoms with Gasteiger partial charge in [-0.2, -0.15) is 4.98 Å². The smallest absolute Gasteiger partial charge is 0.297 e. The van der Waals surface area contributed by atoms with E-state index in [9.17, 15) is 27.2 Å². The lowest BCUT2D eigenvalue weighted by Crippen LogP contribution is -2.47. The van der Waals surface area contributed by atoms with Gasteiger partial charge < -0.3 is 9.64 Å². The zero-order chi connectivity index (χ0) is 37.7. The molecule has 2 saturated carbocycles. The fourth-order valence-corrected chi connectivity index (χ4v) is 10.1. The van der Waals surface area contributed by atoms with Crippen LogP contribution in [0.4, 0.5) is 4.39 Å². The first-order valence-corrected chi connectivity index (χ1v) is 21.0. The van der Waals surface area contributed by atoms with Crippen LogP contribution in [0.25, 0.3) is 11.0 Å². The molecule has 0 radical (unpaired) electrons. The van der Waals surface area contributed by atoms with Gasteiger partial charge in [0.15, 0.2) is 5.78 Å². The first kappa shape index (κ1) is 37.5. The van der Waals surface area contributed by atoms with Gasteiger partial charge in [0, 0.05) is 24.8 Å². The first-order chi connectivity index (χ1) is 25.2. The third kappa shape index (κ3) is 7.62. The van der Waals surface area contributed by atoms with Crippen LogP contribution < -0.4 is 9.46 Å². The maximum atomic E-state index is 14.8. The fraction of sp³-hybridized carbons (Fsp3) is 0.610. The van der Waals surface area contributed by atoms with Crippen molar-refractivity contribution in [3.63, 3.8) is 0 Å². The molecule has 286 valence electrons. The van der Waals surface area contributed by atoms with Crippen LogP contribution in [0, 0.1) is 30.0 Å². The first-order valence-electron chi connectivity index (χ1n) is 19.5. The standard InChI is InChI=1S/C41H53FN4O6S/c1-26(2)46-34-15-11-10-14-33(34)43-39(46)52-32-22-35-36(47)24-41(38(49)44-53(50,51)40(4)16-17-40)23-30(41)13-9-7-5-6-8-12-29(37(48)45(35)25-32)20-28-18-27(3)19-31(42)21-28/h10-11,14-15,18-19,21,26,29-30,32,35H,5-9,12-13,16-17,20,22-25H2,1-4H3,(H,44,49)/t29-,30-,32-,35+,41-/m1/s1. The normalized spacial score (nSPS) is 27.8. The van der Waals surface area contributed by atoms with Gasteiger partial charge in [-0.3, -0.25) is 23.7 Å². The van der Waals surface area contributed by atoms with Crippen LogP contribution >= 0.6 is 0 Å². The Morgan fingerprint density at radius 3 is 2.49 bits per heavy atom. The molecule has 2 aliphatic carbocycles. The molecule has 53 heavy (non-hydrogen) atoms. The van der Waals surface area contributed by atoms with Crippen LogP contribution in [0.1, 0.15) is 115 Å². The van der Waals surface area contributed by atoms with Crippen LogP contribution in [0.2, 0.25) is 0 Å². The van der Waals surface area contributed by atoms with Crippen molar-refractivity contribution < 1.29 is 31.9 Å². The van der Waals surface area contributed by atoms with E-state index >= 15 is 0 Å². The van der Waals surface area contributed by atoms with Crippen molar-refractivity contribution in [2.24, 2.45) is 17.3 Å². The number of hydrogen-bond acceptors (Lipinski definition) is 7. The average Bonchev–Trinajstić information content (AvgIpc) is 3.91. The number of para-hydroxylation sites is 2. The number of aromatic nitrogens is 2. The number of sulfonamides is 1. The summed E-state index contributed by atoms with van der Waals surface area (Å²) in [5, 5.41) is 0. The predicted molar refractivity (Wildman–Crippen MR) is 200 cm³/mol. The SMILES string of the molecule is Cc1cc(F)cc(C[C@H]2CCCCCCC[C@@H]3C[C@@]3(C(=O)NS(=O)(=O)C3(C)CC3)CC(=O)[C@@H]3C[C@@H](Oc4nc5ccccc5n4C(C)C)CN3C2=O)c1. The van der Waals surface area contributed by atoms with Crippen LogP contribution in [-0.4, -0.2) is 63.9 Å². The van der Waals surface area contributed by atoms with Crippen molar-refractivity contribution in [3.05, 3.63) is 59.4 Å². The Morgan fingerprint density at radius 2 is 1.77 bits per heavy atom. The van der Waals surface area contributed by atoms with Crippen LogP contribution in [0.5, 0.6) is 6.01 Å². The number of benzene rings is 2. The lowest BCUT2D eigenvalue weighted by Gasteiger charge is -2.29. The molecule has 2 amide bonds. The molecule has 0 spiro atoms. The largest absolute Gasteiger partial charge is 0.459 e. The molecule has 7 rings (SSSR count). The Hall–Kier alpha value is -3.80. The predicted octanol–water partition coefficient (Wildman–Crippen LogP) is 6.98. The van der Waals surface area contributed by atoms with E-state index in [-0.39, 0.29) is 48.9 Å². The Morgan fingerprint density at radius 1 is 1.06 bits per heavy atom. The number of Topliss-reactive ketones (excluding diaryl/α,β-unsaturated/α-hetero) is 1. The van der Waals surface area contributed by atoms with Crippen molar-refractivity contribution in [3.8, 4) is 6.01 Å². The van der Waals surface area contributed by atoms with E-state index in [4.69, 9.17) is 9.72 Å². The van der Waals surface area contributed by atoms with E-state index in [0.29, 0.717) is 38.1 Å². The zero-order valence-electron chi connectivity index (χ0n) is 31.4. The average molecular weight is 749 g/mol. The van der Waals surface area contributed by atoms with Gasteiger partial charge >= 0.3 is 0 Å². The number of halogens is 1. The molecule has 1 N–H and O–H groups in total. The van der Waals surface area contributed by atoms with E-state index in [2.05, 4.69) is 4.72 Å². The number of ether oxygens (including phenoxy) is 1. The van der Waals surface area contributed by atoms with Crippen molar-refractivity contribution in [2.45, 2.75) is 134 Å². The summed E-state index contributed by atoms with van der Waals surface area (Å²) in [5.74, 6) is -1.97. The number of rotatable bonds is 8. The summed E-state index contributed by atoms with van der Waals surface area (Å²) in [6, 6.07) is 12.2. The van der Waals surface area contributed by atoms with Crippen LogP contribution in [0.3, 0.4) is 0 Å². The number of nitrogens with zero attached hydrogens (tertiary/aromatic N) is 3. The molecule has 2 aliphatic heterocycles. The van der Waals surface area contributed by atoms with Gasteiger partial charge in [0.1, 0.15) is 11.9 Å². The van der Waals surface area contributed by atoms with Gasteiger partial charge in [-0.1, -0.05) is 50.3 Å². The topological polar surface area (TPSA) is 128 Å². The molecular weight excluding hydrogens is 696 g/mol. The van der Waals surface area contributed by atoms with Gasteiger partial charge in [-0.25, -0.2) is 12.8 Å². The van der Waals surface area contributed by atoms with E-state index in [1.807, 2.05) is 55.7 Å². The summed E-state index contributed by atoms with van der Waals surface area (Å²) in [4.78, 5) is 49.8. The summed E-state index contributed by atoms with van der Waals surface area (Å²) in [7, 11) is -3.90. The minimum Gasteiger partial charge on any atom is -0.459 e. The van der Waals surface area contributed by atoms with E-state index in [1.54, 1.807) is 11.8 Å². The van der Waals surface area contributed by atoms with Crippen molar-refractivity contribution in [1.82, 2.24) is 19.2 Å². The summed E-state index contributed by atoms with van der Waals surface area (Å²) in [6.07, 6.45) is 7.19. The summed E-state index contributed by atoms with van der Waals surface area (Å²) >= 11 is 0. The maximum absolute atomic E-state index is 14.8. The van der Waals surface area contributed by atoms with Crippen molar-refractivity contribution in [2.75, 3.05) is 6.54 Å². The highest BCUT2D eigenvalue weighted by Gasteiger charge is 2.63. The Kier molecular flexibility index (Phi) is 10.2. The molecule has 3 heterocycles. The van der Waals surface area contributed by atoms with Gasteiger partial charge in [0.25, 0.3) is 6.01 Å². The molecule has 4 fully saturated rings. The lowest BCUT2D eigenvalue weighted by molar-refractivity contribution is -0.142. The number of aryl methyl sites for hydroxylation is 1. The van der Waals surface area contributed by atoms with E-state index < -0.39 is 44.2 Å². The minimum absolute atomic E-state index is 0.0333. The number of nitrogens with one attached hydrogen (secondary N) is 1. The minimum atomic E-state index is -3.90. The Bertz CT molecular complexity index is 1990. The molecular formula is C41H53FN4O6S. The number of amides is 2. The molecule has 10 nitrogen and oxygen atoms in total. The molecule has 1 aromatic heterocycles. The highest BCUT2D eigenvalue weighted by Crippen LogP contribution is 2.59. The fourth-order valence-electron chi connectivity index (χ4n) is 8.81. The number of hydrogen-bond donors (Lipinski definition) is 1. The maximum Gasteiger partial charge on any atom is 0.297 e. The second kappa shape index (κ2) is 14.5. The summed E-state index contributed by atoms with van der Waals surface area (Å²) in [6.45, 7) is 7.73. The monoisotopic (exact) mass is 748 g/mol. The van der Waals surface area contributed by atoms with Gasteiger partial charge in [0.05, 0.1) is 33.8 Å². The third-order valence-corrected chi connectivity index (χ3v) is 14.5. The second-order valence-electron chi connectivity index (χ2n) is 16.8. The molecule has 3 aromatic rings. The van der Waals surface area contributed by atoms with Gasteiger partial charge in [-0.05, 0) is 108 Å². The molecule has 12 heteroatoms. The van der Waals surface area contributed by atoms with Crippen molar-refractivity contribution in [1.29, 1.82) is 0 Å². The number of carbonyl (C=O) groups excluding carboxylic acids is 3. The lowest BCUT2D eigenvalue weighted by atomic mass is 9.89. The van der Waals surface area contributed by atoms with Crippen LogP contribution in [-0.2, 0) is 30.8 Å². The zero-order valence-corrected chi connectivity index (χ0v) is 32.2. The molecule has 4 aliphatic rings.